The number of allylic oxidation sites excluding steroid dienone is 1. The minimum atomic E-state index is -6.56. The van der Waals surface area contributed by atoms with Crippen LogP contribution in [0.5, 0.6) is 0 Å². The second-order valence-corrected chi connectivity index (χ2v) is 3.86. The zero-order valence-electron chi connectivity index (χ0n) is 9.68. The van der Waals surface area contributed by atoms with E-state index in [1.54, 1.807) is 0 Å². The molecule has 0 aromatic carbocycles. The van der Waals surface area contributed by atoms with Crippen LogP contribution in [0.1, 0.15) is 19.8 Å². The first-order valence-electron chi connectivity index (χ1n) is 5.08. The van der Waals surface area contributed by atoms with E-state index in [1.165, 1.54) is 0 Å². The Hall–Kier alpha value is -0.890. The summed E-state index contributed by atoms with van der Waals surface area (Å²) in [5.41, 5.74) is 0. The van der Waals surface area contributed by atoms with Gasteiger partial charge in [0.15, 0.2) is 6.17 Å². The number of hydrogen-bond acceptors (Lipinski definition) is 0. The van der Waals surface area contributed by atoms with Crippen molar-refractivity contribution < 1.29 is 39.5 Å². The van der Waals surface area contributed by atoms with Crippen molar-refractivity contribution in [3.63, 3.8) is 0 Å². The van der Waals surface area contributed by atoms with Gasteiger partial charge in [-0.25, -0.2) is 4.39 Å². The topological polar surface area (TPSA) is 0 Å². The molecule has 0 spiro atoms. The van der Waals surface area contributed by atoms with Crippen LogP contribution in [0.25, 0.3) is 0 Å². The molecule has 0 saturated carbocycles. The average Bonchev–Trinajstić information content (AvgIpc) is 2.28. The molecule has 0 amide bonds. The second-order valence-electron chi connectivity index (χ2n) is 3.86. The van der Waals surface area contributed by atoms with E-state index in [0.29, 0.717) is 0 Å². The normalized spacial score (nSPS) is 16.3. The van der Waals surface area contributed by atoms with Gasteiger partial charge in [0.05, 0.1) is 0 Å². The zero-order valence-corrected chi connectivity index (χ0v) is 9.68. The number of hydrogen-bond donors (Lipinski definition) is 0. The molecule has 1 atom stereocenters. The smallest absolute Gasteiger partial charge is 0.241 e. The van der Waals surface area contributed by atoms with Gasteiger partial charge in [-0.1, -0.05) is 19.9 Å². The van der Waals surface area contributed by atoms with Gasteiger partial charge in [-0.2, -0.15) is 35.1 Å². The van der Waals surface area contributed by atoms with E-state index in [-0.39, 0.29) is 6.42 Å². The molecular formula is C10H11F9. The van der Waals surface area contributed by atoms with Crippen LogP contribution in [0.15, 0.2) is 12.7 Å². The quantitative estimate of drug-likeness (QED) is 0.466. The molecule has 0 aromatic rings. The summed E-state index contributed by atoms with van der Waals surface area (Å²) in [4.78, 5) is 0. The number of rotatable bonds is 7. The summed E-state index contributed by atoms with van der Waals surface area (Å²) in [6, 6.07) is 0. The van der Waals surface area contributed by atoms with Crippen molar-refractivity contribution in [1.29, 1.82) is 0 Å². The molecule has 0 heterocycles. The summed E-state index contributed by atoms with van der Waals surface area (Å²) >= 11 is 0. The van der Waals surface area contributed by atoms with Gasteiger partial charge >= 0.3 is 23.7 Å². The highest BCUT2D eigenvalue weighted by atomic mass is 19.4. The first kappa shape index (κ1) is 18.1. The van der Waals surface area contributed by atoms with Crippen LogP contribution >= 0.6 is 0 Å². The Morgan fingerprint density at radius 2 is 1.37 bits per heavy atom. The fourth-order valence-corrected chi connectivity index (χ4v) is 1.18. The van der Waals surface area contributed by atoms with Crippen molar-refractivity contribution in [3.05, 3.63) is 12.7 Å². The summed E-state index contributed by atoms with van der Waals surface area (Å²) in [5.74, 6) is -24.6. The van der Waals surface area contributed by atoms with Crippen molar-refractivity contribution in [3.8, 4) is 0 Å². The molecule has 19 heavy (non-hydrogen) atoms. The van der Waals surface area contributed by atoms with Gasteiger partial charge in [0.1, 0.15) is 0 Å². The lowest BCUT2D eigenvalue weighted by atomic mass is 9.94. The zero-order chi connectivity index (χ0) is 15.7. The number of halogens is 9. The SMILES string of the molecule is C=CC(F)(F)C(F)(F)C(F)(F)C(F)(F)C(F)CCC. The van der Waals surface area contributed by atoms with E-state index in [1.807, 2.05) is 0 Å². The van der Waals surface area contributed by atoms with Crippen molar-refractivity contribution in [2.24, 2.45) is 0 Å². The van der Waals surface area contributed by atoms with Gasteiger partial charge in [0, 0.05) is 0 Å². The Morgan fingerprint density at radius 3 is 1.68 bits per heavy atom. The van der Waals surface area contributed by atoms with Gasteiger partial charge in [0.25, 0.3) is 0 Å². The highest BCUT2D eigenvalue weighted by Crippen LogP contribution is 2.54. The molecule has 0 saturated heterocycles. The first-order valence-corrected chi connectivity index (χ1v) is 5.08. The number of alkyl halides is 9. The Labute approximate surface area is 103 Å². The van der Waals surface area contributed by atoms with Crippen LogP contribution in [-0.2, 0) is 0 Å². The van der Waals surface area contributed by atoms with Crippen LogP contribution in [0, 0.1) is 0 Å². The molecule has 0 aliphatic rings. The maximum absolute atomic E-state index is 13.0. The highest BCUT2D eigenvalue weighted by Gasteiger charge is 2.81. The van der Waals surface area contributed by atoms with Gasteiger partial charge in [-0.15, -0.1) is 0 Å². The minimum absolute atomic E-state index is 0.351. The molecule has 0 rings (SSSR count). The van der Waals surface area contributed by atoms with E-state index in [0.717, 1.165) is 6.92 Å². The van der Waals surface area contributed by atoms with E-state index in [2.05, 4.69) is 6.58 Å². The molecule has 0 aliphatic heterocycles. The summed E-state index contributed by atoms with van der Waals surface area (Å²) in [6.07, 6.45) is -6.07. The molecule has 1 unspecified atom stereocenters. The van der Waals surface area contributed by atoms with E-state index >= 15 is 0 Å². The van der Waals surface area contributed by atoms with Crippen molar-refractivity contribution in [1.82, 2.24) is 0 Å². The van der Waals surface area contributed by atoms with Crippen LogP contribution in [-0.4, -0.2) is 29.9 Å². The average molecular weight is 302 g/mol. The summed E-state index contributed by atoms with van der Waals surface area (Å²) in [6.45, 7) is 3.31. The van der Waals surface area contributed by atoms with Crippen molar-refractivity contribution in [2.75, 3.05) is 0 Å². The molecule has 0 fully saturated rings. The van der Waals surface area contributed by atoms with Gasteiger partial charge < -0.3 is 0 Å². The molecule has 114 valence electrons. The third kappa shape index (κ3) is 2.69. The monoisotopic (exact) mass is 302 g/mol. The van der Waals surface area contributed by atoms with E-state index in [9.17, 15) is 39.5 Å². The molecule has 0 bridgehead atoms. The lowest BCUT2D eigenvalue weighted by molar-refractivity contribution is -0.366. The summed E-state index contributed by atoms with van der Waals surface area (Å²) in [7, 11) is 0. The van der Waals surface area contributed by atoms with Crippen LogP contribution in [0.4, 0.5) is 39.5 Å². The Balaban J connectivity index is 5.64. The van der Waals surface area contributed by atoms with E-state index in [4.69, 9.17) is 0 Å². The highest BCUT2D eigenvalue weighted by molar-refractivity contribution is 5.11. The van der Waals surface area contributed by atoms with Crippen LogP contribution < -0.4 is 0 Å². The molecule has 0 nitrogen and oxygen atoms in total. The van der Waals surface area contributed by atoms with E-state index < -0.39 is 42.4 Å². The fourth-order valence-electron chi connectivity index (χ4n) is 1.18. The lowest BCUT2D eigenvalue weighted by Gasteiger charge is -2.36. The maximum atomic E-state index is 13.0. The molecule has 0 aromatic heterocycles. The summed E-state index contributed by atoms with van der Waals surface area (Å²) in [5, 5.41) is 0. The first-order chi connectivity index (χ1) is 8.29. The molecule has 0 aliphatic carbocycles. The molecule has 9 heteroatoms. The molecule has 0 N–H and O–H groups in total. The van der Waals surface area contributed by atoms with Crippen LogP contribution in [0.3, 0.4) is 0 Å². The van der Waals surface area contributed by atoms with Gasteiger partial charge in [-0.05, 0) is 12.5 Å². The third-order valence-electron chi connectivity index (χ3n) is 2.42. The summed E-state index contributed by atoms with van der Waals surface area (Å²) < 4.78 is 116. The Bertz CT molecular complexity index is 321. The van der Waals surface area contributed by atoms with Gasteiger partial charge in [-0.3, -0.25) is 0 Å². The Morgan fingerprint density at radius 1 is 0.947 bits per heavy atom. The van der Waals surface area contributed by atoms with Crippen molar-refractivity contribution >= 4 is 0 Å². The minimum Gasteiger partial charge on any atom is -0.241 e. The fraction of sp³-hybridized carbons (Fsp3) is 0.800. The molecular weight excluding hydrogens is 291 g/mol. The van der Waals surface area contributed by atoms with Crippen LogP contribution in [0.2, 0.25) is 0 Å². The maximum Gasteiger partial charge on any atom is 0.382 e. The van der Waals surface area contributed by atoms with Crippen molar-refractivity contribution in [2.45, 2.75) is 49.6 Å². The predicted octanol–water partition coefficient (Wildman–Crippen LogP) is 4.85. The third-order valence-corrected chi connectivity index (χ3v) is 2.42. The molecule has 0 radical (unpaired) electrons. The predicted molar refractivity (Wildman–Crippen MR) is 49.8 cm³/mol. The van der Waals surface area contributed by atoms with Gasteiger partial charge in [0.2, 0.25) is 0 Å². The largest absolute Gasteiger partial charge is 0.382 e. The lowest BCUT2D eigenvalue weighted by Crippen LogP contribution is -2.64. The Kier molecular flexibility index (Phi) is 4.99. The second kappa shape index (κ2) is 5.24. The standard InChI is InChI=1S/C10H11F9/c1-3-5-6(11)8(14,15)10(18,19)9(16,17)7(12,13)4-2/h4,6H,2-3,5H2,1H3.